The number of carbonyl (C=O) groups excluding carboxylic acids is 1. The molecule has 1 N–H and O–H groups in total. The highest BCUT2D eigenvalue weighted by Crippen LogP contribution is 2.33. The Morgan fingerprint density at radius 2 is 1.82 bits per heavy atom. The van der Waals surface area contributed by atoms with E-state index in [1.54, 1.807) is 0 Å². The molecule has 3 heteroatoms. The fourth-order valence-corrected chi connectivity index (χ4v) is 4.41. The minimum atomic E-state index is 0.166. The number of aliphatic hydroxyl groups excluding tert-OH is 1. The first-order valence-electron chi connectivity index (χ1n) is 12.6. The number of aryl methyl sites for hydroxylation is 1. The van der Waals surface area contributed by atoms with Gasteiger partial charge in [-0.25, -0.2) is 0 Å². The molecule has 3 rings (SSSR count). The Hall–Kier alpha value is -2.91. The largest absolute Gasteiger partial charge is 0.396 e. The Labute approximate surface area is 205 Å². The predicted octanol–water partition coefficient (Wildman–Crippen LogP) is 6.75. The van der Waals surface area contributed by atoms with Crippen LogP contribution in [0.3, 0.4) is 0 Å². The van der Waals surface area contributed by atoms with Gasteiger partial charge in [0.15, 0.2) is 5.78 Å². The van der Waals surface area contributed by atoms with E-state index in [0.29, 0.717) is 6.42 Å². The SMILES string of the molecule is C=C/C=C(\c1cc(-c2ccc(CCO)cc2)ccc1C)N(CCC)CCCC(=C)C(=O)C1CC1. The summed E-state index contributed by atoms with van der Waals surface area (Å²) in [5, 5.41) is 9.19. The average Bonchev–Trinajstić information content (AvgIpc) is 3.68. The number of nitrogens with zero attached hydrogens (tertiary/aromatic N) is 1. The van der Waals surface area contributed by atoms with E-state index in [9.17, 15) is 9.90 Å². The van der Waals surface area contributed by atoms with Crippen molar-refractivity contribution >= 4 is 11.5 Å². The van der Waals surface area contributed by atoms with E-state index in [4.69, 9.17) is 0 Å². The lowest BCUT2D eigenvalue weighted by molar-refractivity contribution is -0.116. The number of aliphatic hydroxyl groups is 1. The molecule has 0 aromatic heterocycles. The summed E-state index contributed by atoms with van der Waals surface area (Å²) in [5.74, 6) is 0.524. The van der Waals surface area contributed by atoms with Gasteiger partial charge in [-0.3, -0.25) is 4.79 Å². The Bertz CT molecular complexity index is 1030. The molecule has 0 amide bonds. The van der Waals surface area contributed by atoms with Crippen molar-refractivity contribution < 1.29 is 9.90 Å². The lowest BCUT2D eigenvalue weighted by Crippen LogP contribution is -2.25. The number of benzene rings is 2. The Morgan fingerprint density at radius 1 is 1.12 bits per heavy atom. The van der Waals surface area contributed by atoms with Crippen LogP contribution in [0.15, 0.2) is 73.3 Å². The fourth-order valence-electron chi connectivity index (χ4n) is 4.41. The number of rotatable bonds is 14. The van der Waals surface area contributed by atoms with Crippen LogP contribution in [-0.4, -0.2) is 35.5 Å². The van der Waals surface area contributed by atoms with Crippen molar-refractivity contribution in [2.75, 3.05) is 19.7 Å². The lowest BCUT2D eigenvalue weighted by Gasteiger charge is -2.29. The molecule has 1 fully saturated rings. The van der Waals surface area contributed by atoms with Crippen LogP contribution >= 0.6 is 0 Å². The zero-order chi connectivity index (χ0) is 24.5. The topological polar surface area (TPSA) is 40.5 Å². The highest BCUT2D eigenvalue weighted by molar-refractivity contribution is 5.98. The minimum Gasteiger partial charge on any atom is -0.396 e. The Balaban J connectivity index is 1.81. The van der Waals surface area contributed by atoms with Crippen molar-refractivity contribution in [1.29, 1.82) is 0 Å². The second kappa shape index (κ2) is 12.5. The summed E-state index contributed by atoms with van der Waals surface area (Å²) in [4.78, 5) is 14.7. The Kier molecular flexibility index (Phi) is 9.47. The number of hydrogen-bond donors (Lipinski definition) is 1. The quantitative estimate of drug-likeness (QED) is 0.252. The first kappa shape index (κ1) is 25.7. The first-order valence-corrected chi connectivity index (χ1v) is 12.6. The second-order valence-corrected chi connectivity index (χ2v) is 9.32. The molecule has 0 aliphatic heterocycles. The van der Waals surface area contributed by atoms with E-state index >= 15 is 0 Å². The van der Waals surface area contributed by atoms with Crippen molar-refractivity contribution in [2.45, 2.75) is 52.4 Å². The van der Waals surface area contributed by atoms with Crippen LogP contribution in [0.4, 0.5) is 0 Å². The van der Waals surface area contributed by atoms with Crippen molar-refractivity contribution in [1.82, 2.24) is 4.90 Å². The fraction of sp³-hybridized carbons (Fsp3) is 0.387. The number of Topliss-reactive ketones (excluding diaryl/α,β-unsaturated/α-hetero) is 1. The maximum Gasteiger partial charge on any atom is 0.161 e. The van der Waals surface area contributed by atoms with Crippen LogP contribution < -0.4 is 0 Å². The van der Waals surface area contributed by atoms with Crippen LogP contribution in [0.5, 0.6) is 0 Å². The average molecular weight is 458 g/mol. The number of hydrogen-bond acceptors (Lipinski definition) is 3. The molecular weight excluding hydrogens is 418 g/mol. The summed E-state index contributed by atoms with van der Waals surface area (Å²) in [7, 11) is 0. The highest BCUT2D eigenvalue weighted by atomic mass is 16.3. The molecule has 0 radical (unpaired) electrons. The van der Waals surface area contributed by atoms with Gasteiger partial charge in [0.2, 0.25) is 0 Å². The summed E-state index contributed by atoms with van der Waals surface area (Å²) >= 11 is 0. The van der Waals surface area contributed by atoms with E-state index in [0.717, 1.165) is 61.9 Å². The van der Waals surface area contributed by atoms with Crippen LogP contribution in [-0.2, 0) is 11.2 Å². The van der Waals surface area contributed by atoms with Gasteiger partial charge in [0, 0.05) is 36.9 Å². The van der Waals surface area contributed by atoms with Gasteiger partial charge in [-0.2, -0.15) is 0 Å². The maximum absolute atomic E-state index is 12.3. The molecule has 3 nitrogen and oxygen atoms in total. The number of allylic oxidation sites excluding steroid dienone is 3. The third-order valence-electron chi connectivity index (χ3n) is 6.51. The second-order valence-electron chi connectivity index (χ2n) is 9.32. The summed E-state index contributed by atoms with van der Waals surface area (Å²) in [6, 6.07) is 15.1. The molecule has 1 aliphatic carbocycles. The van der Waals surface area contributed by atoms with Gasteiger partial charge in [-0.05, 0) is 85.4 Å². The molecule has 2 aromatic rings. The van der Waals surface area contributed by atoms with Gasteiger partial charge in [-0.15, -0.1) is 0 Å². The normalized spacial score (nSPS) is 13.6. The van der Waals surface area contributed by atoms with Gasteiger partial charge < -0.3 is 10.0 Å². The minimum absolute atomic E-state index is 0.166. The molecule has 0 saturated heterocycles. The molecule has 34 heavy (non-hydrogen) atoms. The smallest absolute Gasteiger partial charge is 0.161 e. The molecule has 180 valence electrons. The van der Waals surface area contributed by atoms with E-state index in [2.05, 4.69) is 80.4 Å². The van der Waals surface area contributed by atoms with Crippen LogP contribution in [0.2, 0.25) is 0 Å². The first-order chi connectivity index (χ1) is 16.5. The van der Waals surface area contributed by atoms with Gasteiger partial charge in [0.1, 0.15) is 0 Å². The number of carbonyl (C=O) groups is 1. The highest BCUT2D eigenvalue weighted by Gasteiger charge is 2.30. The lowest BCUT2D eigenvalue weighted by atomic mass is 9.96. The zero-order valence-corrected chi connectivity index (χ0v) is 20.9. The number of ketones is 1. The molecule has 2 aromatic carbocycles. The van der Waals surface area contributed by atoms with Gasteiger partial charge in [0.05, 0.1) is 0 Å². The third kappa shape index (κ3) is 6.80. The molecular formula is C31H39NO2. The molecule has 0 unspecified atom stereocenters. The van der Waals surface area contributed by atoms with Crippen LogP contribution in [0.1, 0.15) is 55.7 Å². The van der Waals surface area contributed by atoms with Crippen molar-refractivity contribution in [3.05, 3.63) is 90.0 Å². The summed E-state index contributed by atoms with van der Waals surface area (Å²) in [6.45, 7) is 14.4. The van der Waals surface area contributed by atoms with Gasteiger partial charge in [-0.1, -0.05) is 62.6 Å². The van der Waals surface area contributed by atoms with Crippen molar-refractivity contribution in [3.63, 3.8) is 0 Å². The molecule has 0 atom stereocenters. The van der Waals surface area contributed by atoms with E-state index in [1.807, 2.05) is 6.08 Å². The van der Waals surface area contributed by atoms with E-state index < -0.39 is 0 Å². The van der Waals surface area contributed by atoms with Crippen LogP contribution in [0.25, 0.3) is 16.8 Å². The monoisotopic (exact) mass is 457 g/mol. The zero-order valence-electron chi connectivity index (χ0n) is 20.9. The van der Waals surface area contributed by atoms with Crippen molar-refractivity contribution in [3.8, 4) is 11.1 Å². The maximum atomic E-state index is 12.3. The Morgan fingerprint density at radius 3 is 2.44 bits per heavy atom. The van der Waals surface area contributed by atoms with Gasteiger partial charge >= 0.3 is 0 Å². The molecule has 0 spiro atoms. The van der Waals surface area contributed by atoms with Gasteiger partial charge in [0.25, 0.3) is 0 Å². The third-order valence-corrected chi connectivity index (χ3v) is 6.51. The molecule has 1 saturated carbocycles. The van der Waals surface area contributed by atoms with E-state index in [-0.39, 0.29) is 18.3 Å². The molecule has 1 aliphatic rings. The standard InChI is InChI=1S/C31H39NO2/c1-5-8-30(32(19-6-2)20-7-9-24(4)31(34)27-16-17-27)29-22-28(13-10-23(29)3)26-14-11-25(12-15-26)18-21-33/h5,8,10-15,22,27,33H,1,4,6-7,9,16-21H2,2-3H3/b30-8+. The summed E-state index contributed by atoms with van der Waals surface area (Å²) < 4.78 is 0. The predicted molar refractivity (Wildman–Crippen MR) is 144 cm³/mol. The molecule has 0 heterocycles. The summed E-state index contributed by atoms with van der Waals surface area (Å²) in [5.41, 5.74) is 7.87. The molecule has 0 bridgehead atoms. The summed E-state index contributed by atoms with van der Waals surface area (Å²) in [6.07, 6.45) is 9.43. The van der Waals surface area contributed by atoms with Crippen LogP contribution in [0, 0.1) is 12.8 Å². The van der Waals surface area contributed by atoms with Crippen molar-refractivity contribution in [2.24, 2.45) is 5.92 Å². The van der Waals surface area contributed by atoms with E-state index in [1.165, 1.54) is 22.4 Å².